The minimum atomic E-state index is -2.86. The van der Waals surface area contributed by atoms with Crippen LogP contribution in [-0.2, 0) is 6.42 Å². The predicted molar refractivity (Wildman–Crippen MR) is 131 cm³/mol. The highest BCUT2D eigenvalue weighted by Gasteiger charge is 2.40. The van der Waals surface area contributed by atoms with Gasteiger partial charge in [-0.25, -0.2) is 13.5 Å². The van der Waals surface area contributed by atoms with Crippen molar-refractivity contribution in [2.45, 2.75) is 90.8 Å². The van der Waals surface area contributed by atoms with Crippen LogP contribution in [0.2, 0.25) is 0 Å². The van der Waals surface area contributed by atoms with Crippen molar-refractivity contribution in [3.63, 3.8) is 0 Å². The number of rotatable bonds is 5. The van der Waals surface area contributed by atoms with Crippen molar-refractivity contribution >= 4 is 17.4 Å². The highest BCUT2D eigenvalue weighted by Crippen LogP contribution is 2.40. The molecular weight excluding hydrogens is 452 g/mol. The van der Waals surface area contributed by atoms with Gasteiger partial charge in [0.25, 0.3) is 12.3 Å². The van der Waals surface area contributed by atoms with Crippen LogP contribution in [0, 0.1) is 5.41 Å². The number of piperidine rings is 1. The van der Waals surface area contributed by atoms with Gasteiger partial charge in [0, 0.05) is 29.2 Å². The number of anilines is 1. The molecule has 35 heavy (non-hydrogen) atoms. The molecule has 1 aliphatic carbocycles. The van der Waals surface area contributed by atoms with Gasteiger partial charge in [-0.05, 0) is 70.6 Å². The van der Waals surface area contributed by atoms with E-state index in [0.29, 0.717) is 29.1 Å². The molecule has 7 nitrogen and oxygen atoms in total. The summed E-state index contributed by atoms with van der Waals surface area (Å²) in [5.41, 5.74) is 6.40. The SMILES string of the molecule is CC1(C)CC(=O)c2c(C(F)F)nn(-c3ccc(C(N)=O)c(NC4CC(C)(C)NC(C)(C)C4)c3)c2C1. The molecule has 2 aromatic rings. The van der Waals surface area contributed by atoms with Crippen molar-refractivity contribution in [3.05, 3.63) is 40.7 Å². The van der Waals surface area contributed by atoms with Crippen LogP contribution in [0.1, 0.15) is 99.3 Å². The molecule has 0 bridgehead atoms. The van der Waals surface area contributed by atoms with Gasteiger partial charge in [-0.1, -0.05) is 13.8 Å². The van der Waals surface area contributed by atoms with E-state index in [4.69, 9.17) is 5.73 Å². The van der Waals surface area contributed by atoms with E-state index in [1.54, 1.807) is 18.2 Å². The Balaban J connectivity index is 1.79. The van der Waals surface area contributed by atoms with Crippen molar-refractivity contribution in [1.29, 1.82) is 0 Å². The van der Waals surface area contributed by atoms with Gasteiger partial charge in [-0.15, -0.1) is 0 Å². The Morgan fingerprint density at radius 1 is 1.14 bits per heavy atom. The molecular formula is C26H35F2N5O2. The number of halogens is 2. The Labute approximate surface area is 204 Å². The molecule has 0 atom stereocenters. The van der Waals surface area contributed by atoms with Crippen LogP contribution in [0.25, 0.3) is 5.69 Å². The molecule has 4 rings (SSSR count). The number of primary amides is 1. The average molecular weight is 488 g/mol. The average Bonchev–Trinajstić information content (AvgIpc) is 3.04. The maximum atomic E-state index is 13.8. The monoisotopic (exact) mass is 487 g/mol. The molecule has 0 spiro atoms. The maximum Gasteiger partial charge on any atom is 0.282 e. The number of ketones is 1. The van der Waals surface area contributed by atoms with E-state index < -0.39 is 18.0 Å². The zero-order chi connectivity index (χ0) is 25.9. The number of nitrogens with one attached hydrogen (secondary N) is 2. The number of carbonyl (C=O) groups excluding carboxylic acids is 2. The lowest BCUT2D eigenvalue weighted by Gasteiger charge is -2.47. The molecule has 1 aromatic carbocycles. The minimum absolute atomic E-state index is 0.0228. The van der Waals surface area contributed by atoms with Gasteiger partial charge in [0.1, 0.15) is 5.69 Å². The molecule has 4 N–H and O–H groups in total. The third-order valence-corrected chi connectivity index (χ3v) is 6.84. The van der Waals surface area contributed by atoms with E-state index in [1.807, 2.05) is 13.8 Å². The topological polar surface area (TPSA) is 102 Å². The normalized spacial score (nSPS) is 21.1. The van der Waals surface area contributed by atoms with Gasteiger partial charge in [-0.2, -0.15) is 5.10 Å². The lowest BCUT2D eigenvalue weighted by molar-refractivity contribution is 0.0896. The molecule has 1 saturated heterocycles. The highest BCUT2D eigenvalue weighted by molar-refractivity contribution is 6.00. The summed E-state index contributed by atoms with van der Waals surface area (Å²) < 4.78 is 29.1. The van der Waals surface area contributed by atoms with E-state index >= 15 is 0 Å². The van der Waals surface area contributed by atoms with E-state index in [2.05, 4.69) is 43.4 Å². The predicted octanol–water partition coefficient (Wildman–Crippen LogP) is 4.79. The first-order valence-corrected chi connectivity index (χ1v) is 12.0. The number of nitrogens with two attached hydrogens (primary N) is 1. The maximum absolute atomic E-state index is 13.8. The fraction of sp³-hybridized carbons (Fsp3) is 0.577. The second kappa shape index (κ2) is 8.40. The second-order valence-corrected chi connectivity index (χ2v) is 12.1. The Hall–Kier alpha value is -2.81. The summed E-state index contributed by atoms with van der Waals surface area (Å²) in [6.07, 6.45) is -0.607. The number of hydrogen-bond acceptors (Lipinski definition) is 5. The van der Waals surface area contributed by atoms with Crippen LogP contribution in [0.4, 0.5) is 14.5 Å². The molecule has 2 aliphatic rings. The van der Waals surface area contributed by atoms with Crippen LogP contribution in [-0.4, -0.2) is 38.6 Å². The summed E-state index contributed by atoms with van der Waals surface area (Å²) >= 11 is 0. The molecule has 1 aromatic heterocycles. The van der Waals surface area contributed by atoms with Gasteiger partial charge in [0.05, 0.1) is 22.5 Å². The van der Waals surface area contributed by atoms with Crippen LogP contribution in [0.15, 0.2) is 18.2 Å². The lowest BCUT2D eigenvalue weighted by Crippen LogP contribution is -2.60. The summed E-state index contributed by atoms with van der Waals surface area (Å²) in [5, 5.41) is 11.3. The zero-order valence-corrected chi connectivity index (χ0v) is 21.3. The quantitative estimate of drug-likeness (QED) is 0.563. The van der Waals surface area contributed by atoms with Gasteiger partial charge in [-0.3, -0.25) is 9.59 Å². The molecule has 190 valence electrons. The third-order valence-electron chi connectivity index (χ3n) is 6.84. The van der Waals surface area contributed by atoms with E-state index in [9.17, 15) is 18.4 Å². The molecule has 9 heteroatoms. The molecule has 0 saturated carbocycles. The Morgan fingerprint density at radius 2 is 1.77 bits per heavy atom. The summed E-state index contributed by atoms with van der Waals surface area (Å²) in [6, 6.07) is 4.99. The van der Waals surface area contributed by atoms with Crippen molar-refractivity contribution in [1.82, 2.24) is 15.1 Å². The first-order valence-electron chi connectivity index (χ1n) is 12.0. The van der Waals surface area contributed by atoms with Crippen LogP contribution >= 0.6 is 0 Å². The molecule has 1 fully saturated rings. The van der Waals surface area contributed by atoms with Crippen molar-refractivity contribution in [3.8, 4) is 5.69 Å². The second-order valence-electron chi connectivity index (χ2n) is 12.1. The number of hydrogen-bond donors (Lipinski definition) is 3. The molecule has 1 amide bonds. The Morgan fingerprint density at radius 3 is 2.34 bits per heavy atom. The largest absolute Gasteiger partial charge is 0.381 e. The van der Waals surface area contributed by atoms with Crippen LogP contribution in [0.3, 0.4) is 0 Å². The minimum Gasteiger partial charge on any atom is -0.381 e. The summed E-state index contributed by atoms with van der Waals surface area (Å²) in [5.74, 6) is -0.900. The first kappa shape index (κ1) is 25.3. The fourth-order valence-corrected chi connectivity index (χ4v) is 5.99. The van der Waals surface area contributed by atoms with E-state index in [1.165, 1.54) is 4.68 Å². The number of Topliss-reactive ketones (excluding diaryl/α,β-unsaturated/α-hetero) is 1. The molecule has 1 aliphatic heterocycles. The summed E-state index contributed by atoms with van der Waals surface area (Å²) in [7, 11) is 0. The summed E-state index contributed by atoms with van der Waals surface area (Å²) in [4.78, 5) is 25.0. The molecule has 0 radical (unpaired) electrons. The number of nitrogens with zero attached hydrogens (tertiary/aromatic N) is 2. The van der Waals surface area contributed by atoms with Crippen LogP contribution in [0.5, 0.6) is 0 Å². The number of benzene rings is 1. The van der Waals surface area contributed by atoms with Gasteiger partial charge >= 0.3 is 0 Å². The van der Waals surface area contributed by atoms with Gasteiger partial charge in [0.2, 0.25) is 0 Å². The molecule has 0 unspecified atom stereocenters. The smallest absolute Gasteiger partial charge is 0.282 e. The zero-order valence-electron chi connectivity index (χ0n) is 21.3. The van der Waals surface area contributed by atoms with E-state index in [0.717, 1.165) is 12.8 Å². The van der Waals surface area contributed by atoms with E-state index in [-0.39, 0.29) is 40.3 Å². The van der Waals surface area contributed by atoms with Crippen LogP contribution < -0.4 is 16.4 Å². The summed E-state index contributed by atoms with van der Waals surface area (Å²) in [6.45, 7) is 12.4. The highest BCUT2D eigenvalue weighted by atomic mass is 19.3. The van der Waals surface area contributed by atoms with Crippen molar-refractivity contribution < 1.29 is 18.4 Å². The van der Waals surface area contributed by atoms with Gasteiger partial charge in [0.15, 0.2) is 5.78 Å². The first-order chi connectivity index (χ1) is 16.1. The number of fused-ring (bicyclic) bond motifs is 1. The standard InChI is InChI=1S/C26H35F2N5O2/c1-24(2)12-18-20(19(34)13-24)21(22(27)28)31-33(18)15-7-8-16(23(29)35)17(9-15)30-14-10-25(3,4)32-26(5,6)11-14/h7-9,14,22,30,32H,10-13H2,1-6H3,(H2,29,35). The molecule has 2 heterocycles. The van der Waals surface area contributed by atoms with Gasteiger partial charge < -0.3 is 16.4 Å². The Bertz CT molecular complexity index is 1170. The number of aromatic nitrogens is 2. The number of alkyl halides is 2. The Kier molecular flexibility index (Phi) is 6.07. The fourth-order valence-electron chi connectivity index (χ4n) is 5.99. The van der Waals surface area contributed by atoms with Crippen molar-refractivity contribution in [2.75, 3.05) is 5.32 Å². The number of carbonyl (C=O) groups is 2. The lowest BCUT2D eigenvalue weighted by atomic mass is 9.75. The third kappa shape index (κ3) is 5.10. The number of amides is 1. The van der Waals surface area contributed by atoms with Crippen molar-refractivity contribution in [2.24, 2.45) is 11.1 Å².